The van der Waals surface area contributed by atoms with Crippen molar-refractivity contribution in [3.63, 3.8) is 0 Å². The maximum Gasteiger partial charge on any atom is 0.126 e. The fourth-order valence-electron chi connectivity index (χ4n) is 4.24. The van der Waals surface area contributed by atoms with Crippen LogP contribution in [0.3, 0.4) is 0 Å². The molecule has 0 radical (unpaired) electrons. The fourth-order valence-corrected chi connectivity index (χ4v) is 4.24. The molecule has 2 aromatic carbocycles. The second-order valence-electron chi connectivity index (χ2n) is 7.67. The highest BCUT2D eigenvalue weighted by Crippen LogP contribution is 2.37. The Labute approximate surface area is 156 Å². The first-order valence-electron chi connectivity index (χ1n) is 9.97. The van der Waals surface area contributed by atoms with Crippen molar-refractivity contribution in [2.75, 3.05) is 0 Å². The Morgan fingerprint density at radius 2 is 1.73 bits per heavy atom. The molecule has 1 fully saturated rings. The van der Waals surface area contributed by atoms with E-state index < -0.39 is 0 Å². The number of hydrogen-bond donors (Lipinski definition) is 0. The molecule has 1 aliphatic rings. The van der Waals surface area contributed by atoms with E-state index in [4.69, 9.17) is 5.26 Å². The first kappa shape index (κ1) is 18.6. The van der Waals surface area contributed by atoms with E-state index in [9.17, 15) is 4.39 Å². The van der Waals surface area contributed by atoms with Crippen molar-refractivity contribution in [3.05, 3.63) is 70.5 Å². The molecule has 1 aliphatic carbocycles. The van der Waals surface area contributed by atoms with Gasteiger partial charge in [-0.05, 0) is 85.3 Å². The zero-order chi connectivity index (χ0) is 18.4. The van der Waals surface area contributed by atoms with E-state index in [0.717, 1.165) is 23.5 Å². The zero-order valence-electron chi connectivity index (χ0n) is 15.7. The highest BCUT2D eigenvalue weighted by atomic mass is 19.1. The molecule has 2 aromatic rings. The van der Waals surface area contributed by atoms with Crippen molar-refractivity contribution in [2.45, 2.75) is 64.2 Å². The summed E-state index contributed by atoms with van der Waals surface area (Å²) < 4.78 is 14.6. The van der Waals surface area contributed by atoms with Gasteiger partial charge in [0, 0.05) is 0 Å². The zero-order valence-corrected chi connectivity index (χ0v) is 15.7. The van der Waals surface area contributed by atoms with Gasteiger partial charge in [-0.25, -0.2) is 4.39 Å². The Hall–Kier alpha value is -2.14. The number of nitrogens with zero attached hydrogens (tertiary/aromatic N) is 1. The molecule has 0 aliphatic heterocycles. The molecule has 0 atom stereocenters. The van der Waals surface area contributed by atoms with Crippen molar-refractivity contribution in [2.24, 2.45) is 5.92 Å². The van der Waals surface area contributed by atoms with Crippen LogP contribution in [0.1, 0.15) is 73.6 Å². The molecule has 0 heterocycles. The molecule has 0 aromatic heterocycles. The van der Waals surface area contributed by atoms with E-state index in [1.165, 1.54) is 44.1 Å². The van der Waals surface area contributed by atoms with Gasteiger partial charge in [0.25, 0.3) is 0 Å². The maximum atomic E-state index is 14.6. The minimum Gasteiger partial charge on any atom is -0.207 e. The Morgan fingerprint density at radius 3 is 2.35 bits per heavy atom. The Morgan fingerprint density at radius 1 is 1.00 bits per heavy atom. The summed E-state index contributed by atoms with van der Waals surface area (Å²) in [4.78, 5) is 0. The summed E-state index contributed by atoms with van der Waals surface area (Å²) in [7, 11) is 0. The number of hydrogen-bond acceptors (Lipinski definition) is 1. The quantitative estimate of drug-likeness (QED) is 0.579. The van der Waals surface area contributed by atoms with Crippen LogP contribution in [0.4, 0.5) is 4.39 Å². The Kier molecular flexibility index (Phi) is 6.45. The lowest BCUT2D eigenvalue weighted by atomic mass is 9.77. The minimum absolute atomic E-state index is 0.0631. The van der Waals surface area contributed by atoms with E-state index >= 15 is 0 Å². The van der Waals surface area contributed by atoms with Gasteiger partial charge in [-0.2, -0.15) is 5.26 Å². The molecular weight excluding hydrogens is 321 g/mol. The van der Waals surface area contributed by atoms with Crippen LogP contribution < -0.4 is 0 Å². The number of nitriles is 1. The van der Waals surface area contributed by atoms with Crippen molar-refractivity contribution in [3.8, 4) is 6.07 Å². The first-order valence-corrected chi connectivity index (χ1v) is 9.97. The largest absolute Gasteiger partial charge is 0.207 e. The van der Waals surface area contributed by atoms with Crippen LogP contribution in [-0.2, 0) is 12.8 Å². The van der Waals surface area contributed by atoms with Crippen LogP contribution >= 0.6 is 0 Å². The van der Waals surface area contributed by atoms with Crippen LogP contribution in [0.5, 0.6) is 0 Å². The summed E-state index contributed by atoms with van der Waals surface area (Å²) in [5.41, 5.74) is 3.78. The van der Waals surface area contributed by atoms with E-state index in [0.29, 0.717) is 17.9 Å². The van der Waals surface area contributed by atoms with Crippen LogP contribution in [0.25, 0.3) is 0 Å². The molecule has 0 saturated heterocycles. The number of halogens is 1. The highest BCUT2D eigenvalue weighted by Gasteiger charge is 2.22. The van der Waals surface area contributed by atoms with Gasteiger partial charge in [-0.15, -0.1) is 0 Å². The lowest BCUT2D eigenvalue weighted by Gasteiger charge is -2.28. The van der Waals surface area contributed by atoms with Gasteiger partial charge in [0.05, 0.1) is 11.6 Å². The molecule has 0 N–H and O–H groups in total. The molecule has 1 saturated carbocycles. The molecule has 136 valence electrons. The average molecular weight is 349 g/mol. The van der Waals surface area contributed by atoms with Crippen LogP contribution in [0.15, 0.2) is 42.5 Å². The average Bonchev–Trinajstić information content (AvgIpc) is 2.68. The standard InChI is InChI=1S/C24H28FN/c1-2-3-18-8-11-21(12-9-18)23-15-14-22(24(25)16-23)13-10-19-4-6-20(17-26)7-5-19/h4-7,14-16,18,21H,2-3,8-13H2,1H3/t18-,21-. The number of rotatable bonds is 6. The second kappa shape index (κ2) is 8.99. The predicted octanol–water partition coefficient (Wildman–Crippen LogP) is 6.56. The smallest absolute Gasteiger partial charge is 0.126 e. The van der Waals surface area contributed by atoms with Crippen LogP contribution in [0.2, 0.25) is 0 Å². The van der Waals surface area contributed by atoms with Gasteiger partial charge in [0.15, 0.2) is 0 Å². The van der Waals surface area contributed by atoms with Gasteiger partial charge >= 0.3 is 0 Å². The van der Waals surface area contributed by atoms with Gasteiger partial charge in [0.2, 0.25) is 0 Å². The fraction of sp³-hybridized carbons (Fsp3) is 0.458. The SMILES string of the molecule is CCC[C@H]1CC[C@H](c2ccc(CCc3ccc(C#N)cc3)c(F)c2)CC1. The molecule has 0 amide bonds. The third-order valence-electron chi connectivity index (χ3n) is 5.86. The third-order valence-corrected chi connectivity index (χ3v) is 5.86. The second-order valence-corrected chi connectivity index (χ2v) is 7.67. The highest BCUT2D eigenvalue weighted by molar-refractivity contribution is 5.33. The topological polar surface area (TPSA) is 23.8 Å². The van der Waals surface area contributed by atoms with Gasteiger partial charge in [0.1, 0.15) is 5.82 Å². The van der Waals surface area contributed by atoms with Crippen molar-refractivity contribution in [1.29, 1.82) is 5.26 Å². The van der Waals surface area contributed by atoms with E-state index in [2.05, 4.69) is 19.1 Å². The van der Waals surface area contributed by atoms with E-state index in [1.54, 1.807) is 6.07 Å². The van der Waals surface area contributed by atoms with Gasteiger partial charge in [-0.3, -0.25) is 0 Å². The van der Waals surface area contributed by atoms with E-state index in [-0.39, 0.29) is 5.82 Å². The Bertz CT molecular complexity index is 749. The molecular formula is C24H28FN. The maximum absolute atomic E-state index is 14.6. The van der Waals surface area contributed by atoms with E-state index in [1.807, 2.05) is 30.3 Å². The van der Waals surface area contributed by atoms with Gasteiger partial charge < -0.3 is 0 Å². The monoisotopic (exact) mass is 349 g/mol. The molecule has 26 heavy (non-hydrogen) atoms. The molecule has 0 bridgehead atoms. The lowest BCUT2D eigenvalue weighted by Crippen LogP contribution is -2.13. The molecule has 0 spiro atoms. The van der Waals surface area contributed by atoms with Crippen molar-refractivity contribution in [1.82, 2.24) is 0 Å². The molecule has 1 nitrogen and oxygen atoms in total. The molecule has 3 rings (SSSR count). The molecule has 0 unspecified atom stereocenters. The number of benzene rings is 2. The summed E-state index contributed by atoms with van der Waals surface area (Å²) in [6, 6.07) is 15.6. The summed E-state index contributed by atoms with van der Waals surface area (Å²) in [6.45, 7) is 2.26. The number of aryl methyl sites for hydroxylation is 2. The predicted molar refractivity (Wildman–Crippen MR) is 105 cm³/mol. The summed E-state index contributed by atoms with van der Waals surface area (Å²) in [5.74, 6) is 1.35. The van der Waals surface area contributed by atoms with Crippen LogP contribution in [-0.4, -0.2) is 0 Å². The van der Waals surface area contributed by atoms with Crippen LogP contribution in [0, 0.1) is 23.1 Å². The summed E-state index contributed by atoms with van der Waals surface area (Å²) >= 11 is 0. The van der Waals surface area contributed by atoms with Crippen molar-refractivity contribution >= 4 is 0 Å². The third kappa shape index (κ3) is 4.73. The summed E-state index contributed by atoms with van der Waals surface area (Å²) in [5, 5.41) is 8.85. The minimum atomic E-state index is -0.0631. The molecule has 2 heteroatoms. The van der Waals surface area contributed by atoms with Crippen molar-refractivity contribution < 1.29 is 4.39 Å². The first-order chi connectivity index (χ1) is 12.7. The normalized spacial score (nSPS) is 19.9. The van der Waals surface area contributed by atoms with Gasteiger partial charge in [-0.1, -0.05) is 44.0 Å². The lowest BCUT2D eigenvalue weighted by molar-refractivity contribution is 0.308. The Balaban J connectivity index is 1.58. The summed E-state index contributed by atoms with van der Waals surface area (Å²) in [6.07, 6.45) is 9.10.